The summed E-state index contributed by atoms with van der Waals surface area (Å²) in [6.07, 6.45) is 0.254. The number of benzene rings is 4. The van der Waals surface area contributed by atoms with Crippen molar-refractivity contribution < 1.29 is 18.0 Å². The van der Waals surface area contributed by atoms with Gasteiger partial charge in [0.1, 0.15) is 12.6 Å². The molecule has 0 saturated carbocycles. The standard InChI is InChI=1S/C36H40ClN3O4S/c1-26(2)23-38-36(42)34(22-29-12-7-5-8-13-29)39(24-30-20-18-27(3)19-21-30)35(41)25-40(33-17-11-16-32(37)28(33)4)45(43,44)31-14-9-6-10-15-31/h5-21,26,34H,22-25H2,1-4H3,(H,38,42)/t34-/m1/s1. The molecular weight excluding hydrogens is 606 g/mol. The van der Waals surface area contributed by atoms with E-state index < -0.39 is 28.5 Å². The molecule has 0 spiro atoms. The smallest absolute Gasteiger partial charge is 0.264 e. The number of nitrogens with one attached hydrogen (secondary N) is 1. The molecule has 7 nitrogen and oxygen atoms in total. The van der Waals surface area contributed by atoms with Crippen molar-refractivity contribution in [1.82, 2.24) is 10.2 Å². The number of amides is 2. The molecule has 0 aliphatic rings. The molecule has 0 aliphatic heterocycles. The van der Waals surface area contributed by atoms with E-state index in [2.05, 4.69) is 5.32 Å². The third-order valence-corrected chi connectivity index (χ3v) is 9.73. The zero-order valence-corrected chi connectivity index (χ0v) is 27.7. The molecule has 0 aromatic heterocycles. The largest absolute Gasteiger partial charge is 0.354 e. The minimum atomic E-state index is -4.20. The first kappa shape index (κ1) is 33.7. The highest BCUT2D eigenvalue weighted by atomic mass is 35.5. The van der Waals surface area contributed by atoms with Crippen molar-refractivity contribution in [3.8, 4) is 0 Å². The molecule has 2 amide bonds. The second-order valence-corrected chi connectivity index (χ2v) is 13.8. The Morgan fingerprint density at radius 3 is 2.04 bits per heavy atom. The maximum atomic E-state index is 14.6. The molecule has 0 unspecified atom stereocenters. The van der Waals surface area contributed by atoms with E-state index in [4.69, 9.17) is 11.6 Å². The predicted octanol–water partition coefficient (Wildman–Crippen LogP) is 6.56. The monoisotopic (exact) mass is 645 g/mol. The number of sulfonamides is 1. The summed E-state index contributed by atoms with van der Waals surface area (Å²) in [5, 5.41) is 3.38. The Balaban J connectivity index is 1.82. The summed E-state index contributed by atoms with van der Waals surface area (Å²) in [5.41, 5.74) is 3.57. The Kier molecular flexibility index (Phi) is 11.4. The third kappa shape index (κ3) is 8.74. The Labute approximate surface area is 271 Å². The normalized spacial score (nSPS) is 12.0. The Bertz CT molecular complexity index is 1700. The van der Waals surface area contributed by atoms with Gasteiger partial charge in [0.25, 0.3) is 10.0 Å². The molecule has 4 aromatic carbocycles. The maximum Gasteiger partial charge on any atom is 0.264 e. The zero-order valence-electron chi connectivity index (χ0n) is 26.1. The summed E-state index contributed by atoms with van der Waals surface area (Å²) in [6.45, 7) is 7.71. The molecule has 0 fully saturated rings. The van der Waals surface area contributed by atoms with Gasteiger partial charge < -0.3 is 10.2 Å². The van der Waals surface area contributed by atoms with Crippen LogP contribution in [-0.4, -0.2) is 44.3 Å². The van der Waals surface area contributed by atoms with E-state index in [9.17, 15) is 18.0 Å². The van der Waals surface area contributed by atoms with Crippen LogP contribution in [-0.2, 0) is 32.6 Å². The fraction of sp³-hybridized carbons (Fsp3) is 0.278. The minimum absolute atomic E-state index is 0.0396. The lowest BCUT2D eigenvalue weighted by molar-refractivity contribution is -0.140. The van der Waals surface area contributed by atoms with Crippen molar-refractivity contribution in [2.45, 2.75) is 51.6 Å². The highest BCUT2D eigenvalue weighted by Gasteiger charge is 2.35. The second kappa shape index (κ2) is 15.2. The molecule has 0 bridgehead atoms. The van der Waals surface area contributed by atoms with Gasteiger partial charge in [0.15, 0.2) is 0 Å². The van der Waals surface area contributed by atoms with Gasteiger partial charge in [0.05, 0.1) is 10.6 Å². The average molecular weight is 646 g/mol. The van der Waals surface area contributed by atoms with Gasteiger partial charge in [-0.25, -0.2) is 8.42 Å². The van der Waals surface area contributed by atoms with Crippen molar-refractivity contribution in [2.24, 2.45) is 5.92 Å². The summed E-state index contributed by atoms with van der Waals surface area (Å²) in [6, 6.07) is 29.3. The first-order chi connectivity index (χ1) is 21.5. The second-order valence-electron chi connectivity index (χ2n) is 11.6. The molecular formula is C36H40ClN3O4S. The van der Waals surface area contributed by atoms with Crippen molar-refractivity contribution in [2.75, 3.05) is 17.4 Å². The molecule has 4 rings (SSSR count). The Hall–Kier alpha value is -4.14. The number of carbonyl (C=O) groups is 2. The minimum Gasteiger partial charge on any atom is -0.354 e. The number of rotatable bonds is 13. The number of anilines is 1. The van der Waals surface area contributed by atoms with E-state index in [-0.39, 0.29) is 29.7 Å². The first-order valence-electron chi connectivity index (χ1n) is 15.0. The maximum absolute atomic E-state index is 14.6. The van der Waals surface area contributed by atoms with Gasteiger partial charge in [-0.2, -0.15) is 0 Å². The number of hydrogen-bond acceptors (Lipinski definition) is 4. The predicted molar refractivity (Wildman–Crippen MR) is 181 cm³/mol. The van der Waals surface area contributed by atoms with Crippen LogP contribution in [0.2, 0.25) is 5.02 Å². The van der Waals surface area contributed by atoms with Crippen molar-refractivity contribution >= 4 is 39.1 Å². The van der Waals surface area contributed by atoms with E-state index >= 15 is 0 Å². The van der Waals surface area contributed by atoms with E-state index in [1.54, 1.807) is 43.3 Å². The van der Waals surface area contributed by atoms with E-state index in [1.165, 1.54) is 17.0 Å². The summed E-state index contributed by atoms with van der Waals surface area (Å²) in [4.78, 5) is 30.0. The van der Waals surface area contributed by atoms with Crippen LogP contribution in [0.5, 0.6) is 0 Å². The van der Waals surface area contributed by atoms with Gasteiger partial charge >= 0.3 is 0 Å². The lowest BCUT2D eigenvalue weighted by Gasteiger charge is -2.34. The molecule has 1 N–H and O–H groups in total. The van der Waals surface area contributed by atoms with E-state index in [0.29, 0.717) is 22.8 Å². The molecule has 1 atom stereocenters. The fourth-order valence-corrected chi connectivity index (χ4v) is 6.63. The number of nitrogens with zero attached hydrogens (tertiary/aromatic N) is 2. The Morgan fingerprint density at radius 2 is 1.42 bits per heavy atom. The van der Waals surface area contributed by atoms with Crippen LogP contribution >= 0.6 is 11.6 Å². The number of carbonyl (C=O) groups excluding carboxylic acids is 2. The Morgan fingerprint density at radius 1 is 0.800 bits per heavy atom. The van der Waals surface area contributed by atoms with Crippen molar-refractivity contribution in [3.05, 3.63) is 130 Å². The molecule has 0 aliphatic carbocycles. The van der Waals surface area contributed by atoms with Crippen LogP contribution in [0, 0.1) is 19.8 Å². The molecule has 236 valence electrons. The average Bonchev–Trinajstić information content (AvgIpc) is 3.03. The van der Waals surface area contributed by atoms with Gasteiger partial charge in [0.2, 0.25) is 11.8 Å². The topological polar surface area (TPSA) is 86.8 Å². The van der Waals surface area contributed by atoms with Crippen LogP contribution in [0.15, 0.2) is 108 Å². The van der Waals surface area contributed by atoms with Gasteiger partial charge in [-0.1, -0.05) is 110 Å². The summed E-state index contributed by atoms with van der Waals surface area (Å²) in [5.74, 6) is -0.621. The lowest BCUT2D eigenvalue weighted by Crippen LogP contribution is -2.53. The van der Waals surface area contributed by atoms with Crippen molar-refractivity contribution in [3.63, 3.8) is 0 Å². The molecule has 4 aromatic rings. The SMILES string of the molecule is Cc1ccc(CN(C(=O)CN(c2cccc(Cl)c2C)S(=O)(=O)c2ccccc2)[C@H](Cc2ccccc2)C(=O)NCC(C)C)cc1. The highest BCUT2D eigenvalue weighted by Crippen LogP contribution is 2.31. The fourth-order valence-electron chi connectivity index (χ4n) is 4.97. The molecule has 0 radical (unpaired) electrons. The number of halogens is 1. The molecule has 9 heteroatoms. The summed E-state index contributed by atoms with van der Waals surface area (Å²) >= 11 is 6.45. The van der Waals surface area contributed by atoms with Crippen LogP contribution < -0.4 is 9.62 Å². The first-order valence-corrected chi connectivity index (χ1v) is 16.8. The quantitative estimate of drug-likeness (QED) is 0.178. The van der Waals surface area contributed by atoms with Crippen LogP contribution in [0.4, 0.5) is 5.69 Å². The summed E-state index contributed by atoms with van der Waals surface area (Å²) < 4.78 is 29.4. The zero-order chi connectivity index (χ0) is 32.6. The van der Waals surface area contributed by atoms with E-state index in [0.717, 1.165) is 21.0 Å². The van der Waals surface area contributed by atoms with Crippen LogP contribution in [0.1, 0.15) is 36.1 Å². The molecule has 0 saturated heterocycles. The van der Waals surface area contributed by atoms with Gasteiger partial charge in [0, 0.05) is 24.5 Å². The van der Waals surface area contributed by atoms with Crippen LogP contribution in [0.25, 0.3) is 0 Å². The van der Waals surface area contributed by atoms with Crippen molar-refractivity contribution in [1.29, 1.82) is 0 Å². The lowest BCUT2D eigenvalue weighted by atomic mass is 10.0. The molecule has 45 heavy (non-hydrogen) atoms. The number of aryl methyl sites for hydroxylation is 1. The van der Waals surface area contributed by atoms with Gasteiger partial charge in [-0.15, -0.1) is 0 Å². The summed E-state index contributed by atoms with van der Waals surface area (Å²) in [7, 11) is -4.20. The molecule has 0 heterocycles. The van der Waals surface area contributed by atoms with Crippen LogP contribution in [0.3, 0.4) is 0 Å². The van der Waals surface area contributed by atoms with E-state index in [1.807, 2.05) is 75.4 Å². The number of hydrogen-bond donors (Lipinski definition) is 1. The van der Waals surface area contributed by atoms with Gasteiger partial charge in [-0.3, -0.25) is 13.9 Å². The van der Waals surface area contributed by atoms with Gasteiger partial charge in [-0.05, 0) is 60.7 Å². The highest BCUT2D eigenvalue weighted by molar-refractivity contribution is 7.92. The third-order valence-electron chi connectivity index (χ3n) is 7.55.